The van der Waals surface area contributed by atoms with Crippen molar-refractivity contribution in [3.8, 4) is 0 Å². The van der Waals surface area contributed by atoms with Gasteiger partial charge < -0.3 is 5.32 Å². The summed E-state index contributed by atoms with van der Waals surface area (Å²) in [5.41, 5.74) is -1.03. The monoisotopic (exact) mass is 334 g/mol. The maximum atomic E-state index is 13.8. The lowest BCUT2D eigenvalue weighted by atomic mass is 10.1. The Kier molecular flexibility index (Phi) is 3.92. The fraction of sp³-hybridized carbons (Fsp3) is 0.0588. The predicted octanol–water partition coefficient (Wildman–Crippen LogP) is 4.65. The lowest BCUT2D eigenvalue weighted by Gasteiger charge is -2.11. The molecule has 1 heterocycles. The third-order valence-corrected chi connectivity index (χ3v) is 3.42. The summed E-state index contributed by atoms with van der Waals surface area (Å²) in [5, 5.41) is 3.15. The van der Waals surface area contributed by atoms with Gasteiger partial charge in [0.15, 0.2) is 0 Å². The van der Waals surface area contributed by atoms with Crippen molar-refractivity contribution in [2.45, 2.75) is 6.18 Å². The number of alkyl halides is 3. The van der Waals surface area contributed by atoms with Gasteiger partial charge in [0.05, 0.1) is 22.3 Å². The van der Waals surface area contributed by atoms with Crippen molar-refractivity contribution in [2.75, 3.05) is 5.32 Å². The molecule has 0 saturated carbocycles. The van der Waals surface area contributed by atoms with Crippen LogP contribution in [0.2, 0.25) is 0 Å². The van der Waals surface area contributed by atoms with E-state index in [1.54, 1.807) is 30.3 Å². The second-order valence-corrected chi connectivity index (χ2v) is 5.03. The van der Waals surface area contributed by atoms with Gasteiger partial charge in [0.25, 0.3) is 5.91 Å². The highest BCUT2D eigenvalue weighted by molar-refractivity contribution is 6.08. The molecular formula is C17H10F4N2O. The number of hydrogen-bond acceptors (Lipinski definition) is 2. The van der Waals surface area contributed by atoms with Gasteiger partial charge in [-0.1, -0.05) is 18.2 Å². The molecule has 1 N–H and O–H groups in total. The molecule has 0 aliphatic heterocycles. The van der Waals surface area contributed by atoms with Crippen LogP contribution in [0.3, 0.4) is 0 Å². The summed E-state index contributed by atoms with van der Waals surface area (Å²) in [6.07, 6.45) is -3.15. The molecule has 3 aromatic rings. The number of pyridine rings is 1. The summed E-state index contributed by atoms with van der Waals surface area (Å²) in [7, 11) is 0. The van der Waals surface area contributed by atoms with Crippen molar-refractivity contribution < 1.29 is 22.4 Å². The fourth-order valence-corrected chi connectivity index (χ4v) is 2.27. The Labute approximate surface area is 133 Å². The molecule has 1 amide bonds. The van der Waals surface area contributed by atoms with E-state index in [9.17, 15) is 22.4 Å². The minimum Gasteiger partial charge on any atom is -0.320 e. The highest BCUT2D eigenvalue weighted by Crippen LogP contribution is 2.30. The number of benzene rings is 2. The molecule has 3 rings (SSSR count). The van der Waals surface area contributed by atoms with Crippen molar-refractivity contribution in [1.29, 1.82) is 0 Å². The van der Waals surface area contributed by atoms with Gasteiger partial charge in [-0.25, -0.2) is 4.39 Å². The number of fused-ring (bicyclic) bond motifs is 1. The normalized spacial score (nSPS) is 11.5. The van der Waals surface area contributed by atoms with Crippen LogP contribution < -0.4 is 5.32 Å². The third-order valence-electron chi connectivity index (χ3n) is 3.42. The number of amides is 1. The first-order chi connectivity index (χ1) is 11.4. The number of nitrogens with zero attached hydrogens (tertiary/aromatic N) is 1. The highest BCUT2D eigenvalue weighted by atomic mass is 19.4. The summed E-state index contributed by atoms with van der Waals surface area (Å²) in [5.74, 6) is -2.01. The smallest absolute Gasteiger partial charge is 0.320 e. The van der Waals surface area contributed by atoms with Crippen LogP contribution in [-0.4, -0.2) is 10.9 Å². The molecule has 0 unspecified atom stereocenters. The maximum absolute atomic E-state index is 13.8. The van der Waals surface area contributed by atoms with Crippen molar-refractivity contribution in [2.24, 2.45) is 0 Å². The number of carbonyl (C=O) groups excluding carboxylic acids is 1. The molecule has 24 heavy (non-hydrogen) atoms. The number of anilines is 1. The van der Waals surface area contributed by atoms with Gasteiger partial charge in [0.1, 0.15) is 5.82 Å². The van der Waals surface area contributed by atoms with E-state index in [1.807, 2.05) is 0 Å². The zero-order valence-electron chi connectivity index (χ0n) is 12.1. The van der Waals surface area contributed by atoms with Gasteiger partial charge in [-0.15, -0.1) is 0 Å². The minimum absolute atomic E-state index is 0.287. The van der Waals surface area contributed by atoms with Gasteiger partial charge in [-0.2, -0.15) is 13.2 Å². The summed E-state index contributed by atoms with van der Waals surface area (Å²) in [4.78, 5) is 16.3. The Hall–Kier alpha value is -2.96. The molecule has 2 aromatic carbocycles. The molecule has 0 aliphatic carbocycles. The standard InChI is InChI=1S/C17H10F4N2O/c18-13-7-6-11(17(19,20)21)9-12(13)16(24)23-14-5-1-3-10-4-2-8-22-15(10)14/h1-9H,(H,23,24). The number of hydrogen-bond donors (Lipinski definition) is 1. The van der Waals surface area contributed by atoms with Crippen LogP contribution in [0.4, 0.5) is 23.2 Å². The average molecular weight is 334 g/mol. The van der Waals surface area contributed by atoms with Crippen molar-refractivity contribution in [1.82, 2.24) is 4.98 Å². The number of nitrogens with one attached hydrogen (secondary N) is 1. The van der Waals surface area contributed by atoms with Crippen LogP contribution in [0.25, 0.3) is 10.9 Å². The van der Waals surface area contributed by atoms with Crippen molar-refractivity contribution in [3.63, 3.8) is 0 Å². The van der Waals surface area contributed by atoms with E-state index in [0.717, 1.165) is 5.39 Å². The van der Waals surface area contributed by atoms with E-state index < -0.39 is 29.0 Å². The summed E-state index contributed by atoms with van der Waals surface area (Å²) in [6, 6.07) is 10.1. The number of para-hydroxylation sites is 1. The Morgan fingerprint density at radius 1 is 1.04 bits per heavy atom. The molecule has 0 atom stereocenters. The van der Waals surface area contributed by atoms with Crippen LogP contribution >= 0.6 is 0 Å². The van der Waals surface area contributed by atoms with Gasteiger partial charge in [-0.05, 0) is 30.3 Å². The van der Waals surface area contributed by atoms with E-state index in [4.69, 9.17) is 0 Å². The van der Waals surface area contributed by atoms with E-state index >= 15 is 0 Å². The van der Waals surface area contributed by atoms with E-state index in [-0.39, 0.29) is 5.69 Å². The van der Waals surface area contributed by atoms with E-state index in [0.29, 0.717) is 23.7 Å². The molecule has 0 aliphatic rings. The first-order valence-electron chi connectivity index (χ1n) is 6.88. The molecule has 1 aromatic heterocycles. The number of halogens is 4. The van der Waals surface area contributed by atoms with Crippen LogP contribution in [0.5, 0.6) is 0 Å². The minimum atomic E-state index is -4.66. The van der Waals surface area contributed by atoms with Gasteiger partial charge in [0, 0.05) is 11.6 Å². The molecule has 122 valence electrons. The third kappa shape index (κ3) is 3.05. The second kappa shape index (κ2) is 5.92. The molecule has 0 saturated heterocycles. The number of carbonyl (C=O) groups is 1. The zero-order valence-corrected chi connectivity index (χ0v) is 12.1. The Morgan fingerprint density at radius 3 is 2.54 bits per heavy atom. The quantitative estimate of drug-likeness (QED) is 0.694. The molecule has 0 bridgehead atoms. The topological polar surface area (TPSA) is 42.0 Å². The summed E-state index contributed by atoms with van der Waals surface area (Å²) in [6.45, 7) is 0. The Balaban J connectivity index is 1.98. The largest absolute Gasteiger partial charge is 0.416 e. The van der Waals surface area contributed by atoms with E-state index in [2.05, 4.69) is 10.3 Å². The summed E-state index contributed by atoms with van der Waals surface area (Å²) >= 11 is 0. The molecule has 0 fully saturated rings. The number of rotatable bonds is 2. The molecule has 7 heteroatoms. The van der Waals surface area contributed by atoms with Crippen LogP contribution in [0.1, 0.15) is 15.9 Å². The molecule has 0 radical (unpaired) electrons. The maximum Gasteiger partial charge on any atom is 0.416 e. The van der Waals surface area contributed by atoms with Crippen LogP contribution in [0, 0.1) is 5.82 Å². The van der Waals surface area contributed by atoms with Gasteiger partial charge in [-0.3, -0.25) is 9.78 Å². The van der Waals surface area contributed by atoms with Crippen molar-refractivity contribution in [3.05, 3.63) is 71.7 Å². The lowest BCUT2D eigenvalue weighted by molar-refractivity contribution is -0.137. The average Bonchev–Trinajstić information content (AvgIpc) is 2.54. The van der Waals surface area contributed by atoms with Crippen LogP contribution in [0.15, 0.2) is 54.7 Å². The highest BCUT2D eigenvalue weighted by Gasteiger charge is 2.32. The lowest BCUT2D eigenvalue weighted by Crippen LogP contribution is -2.16. The fourth-order valence-electron chi connectivity index (χ4n) is 2.27. The second-order valence-electron chi connectivity index (χ2n) is 5.03. The Morgan fingerprint density at radius 2 is 1.79 bits per heavy atom. The first-order valence-corrected chi connectivity index (χ1v) is 6.88. The van der Waals surface area contributed by atoms with Crippen LogP contribution in [-0.2, 0) is 6.18 Å². The Bertz CT molecular complexity index is 917. The van der Waals surface area contributed by atoms with Gasteiger partial charge in [0.2, 0.25) is 0 Å². The molecule has 0 spiro atoms. The SMILES string of the molecule is O=C(Nc1cccc2cccnc12)c1cc(C(F)(F)F)ccc1F. The summed E-state index contributed by atoms with van der Waals surface area (Å²) < 4.78 is 52.0. The number of aromatic nitrogens is 1. The van der Waals surface area contributed by atoms with E-state index in [1.165, 1.54) is 6.20 Å². The molecular weight excluding hydrogens is 324 g/mol. The predicted molar refractivity (Wildman–Crippen MR) is 81.1 cm³/mol. The zero-order chi connectivity index (χ0) is 17.3. The molecule has 3 nitrogen and oxygen atoms in total. The first kappa shape index (κ1) is 15.9. The van der Waals surface area contributed by atoms with Gasteiger partial charge >= 0.3 is 6.18 Å². The van der Waals surface area contributed by atoms with Crippen molar-refractivity contribution >= 4 is 22.5 Å².